The van der Waals surface area contributed by atoms with Crippen molar-refractivity contribution in [2.45, 2.75) is 25.4 Å². The number of nitrogens with one attached hydrogen (secondary N) is 2. The number of nitrogens with zero attached hydrogens (tertiary/aromatic N) is 1. The number of rotatable bonds is 2. The number of hydrogen-bond acceptors (Lipinski definition) is 2. The number of benzene rings is 1. The van der Waals surface area contributed by atoms with Crippen LogP contribution in [0.15, 0.2) is 18.2 Å². The van der Waals surface area contributed by atoms with Crippen LogP contribution in [0.4, 0.5) is 13.2 Å². The molecule has 2 N–H and O–H groups in total. The van der Waals surface area contributed by atoms with Crippen LogP contribution in [0.3, 0.4) is 0 Å². The number of fused-ring (bicyclic) bond motifs is 1. The van der Waals surface area contributed by atoms with Gasteiger partial charge in [0.05, 0.1) is 5.52 Å². The molecule has 0 bridgehead atoms. The number of aromatic amines is 1. The summed E-state index contributed by atoms with van der Waals surface area (Å²) in [5.41, 5.74) is 1.27. The molecule has 1 aliphatic carbocycles. The zero-order valence-corrected chi connectivity index (χ0v) is 11.4. The summed E-state index contributed by atoms with van der Waals surface area (Å²) < 4.78 is 38.3. The van der Waals surface area contributed by atoms with E-state index in [0.29, 0.717) is 16.8 Å². The Bertz CT molecular complexity index is 677. The summed E-state index contributed by atoms with van der Waals surface area (Å²) in [4.78, 5) is 0. The largest absolute Gasteiger partial charge is 0.435 e. The second kappa shape index (κ2) is 4.22. The Morgan fingerprint density at radius 1 is 1.24 bits per heavy atom. The van der Waals surface area contributed by atoms with E-state index in [1.54, 1.807) is 6.07 Å². The van der Waals surface area contributed by atoms with Gasteiger partial charge in [0.25, 0.3) is 0 Å². The van der Waals surface area contributed by atoms with Gasteiger partial charge in [-0.1, -0.05) is 12.1 Å². The Balaban J connectivity index is 1.52. The maximum atomic E-state index is 12.8. The van der Waals surface area contributed by atoms with Crippen LogP contribution in [0.2, 0.25) is 0 Å². The molecule has 1 aromatic carbocycles. The molecular formula is C15H16F3N3. The quantitative estimate of drug-likeness (QED) is 0.893. The Kier molecular flexibility index (Phi) is 2.64. The first-order valence-corrected chi connectivity index (χ1v) is 7.20. The topological polar surface area (TPSA) is 40.7 Å². The molecule has 1 spiro atoms. The average Bonchev–Trinajstić information content (AvgIpc) is 2.73. The number of H-pyrrole nitrogens is 1. The molecule has 1 aliphatic heterocycles. The smallest absolute Gasteiger partial charge is 0.316 e. The van der Waals surface area contributed by atoms with Crippen molar-refractivity contribution in [3.63, 3.8) is 0 Å². The standard InChI is InChI=1S/C15H16F3N3/c16-15(17,18)13-11-2-1-9(4-12(11)20-21-13)3-10-5-14(6-10)7-19-8-14/h1-2,4,10,19H,3,5-8H2,(H,20,21). The van der Waals surface area contributed by atoms with Crippen molar-refractivity contribution in [2.75, 3.05) is 13.1 Å². The number of aromatic nitrogens is 2. The van der Waals surface area contributed by atoms with Crippen LogP contribution in [-0.2, 0) is 12.6 Å². The summed E-state index contributed by atoms with van der Waals surface area (Å²) in [6.07, 6.45) is -1.00. The summed E-state index contributed by atoms with van der Waals surface area (Å²) in [6, 6.07) is 5.15. The molecule has 0 unspecified atom stereocenters. The minimum absolute atomic E-state index is 0.152. The molecule has 1 saturated heterocycles. The number of halogens is 3. The van der Waals surface area contributed by atoms with Crippen molar-refractivity contribution in [1.29, 1.82) is 0 Å². The molecule has 2 fully saturated rings. The molecule has 0 amide bonds. The van der Waals surface area contributed by atoms with Crippen LogP contribution >= 0.6 is 0 Å². The predicted molar refractivity (Wildman–Crippen MR) is 72.8 cm³/mol. The van der Waals surface area contributed by atoms with Gasteiger partial charge >= 0.3 is 6.18 Å². The van der Waals surface area contributed by atoms with E-state index in [1.165, 1.54) is 18.9 Å². The van der Waals surface area contributed by atoms with E-state index < -0.39 is 11.9 Å². The number of alkyl halides is 3. The summed E-state index contributed by atoms with van der Waals surface area (Å²) in [5, 5.41) is 9.37. The van der Waals surface area contributed by atoms with Gasteiger partial charge in [-0.05, 0) is 42.2 Å². The SMILES string of the molecule is FC(F)(F)c1n[nH]c2cc(CC3CC4(CNC4)C3)ccc12. The maximum absolute atomic E-state index is 12.8. The Hall–Kier alpha value is -1.56. The third-order valence-electron chi connectivity index (χ3n) is 4.86. The van der Waals surface area contributed by atoms with Gasteiger partial charge in [-0.3, -0.25) is 5.10 Å². The lowest BCUT2D eigenvalue weighted by Crippen LogP contribution is -2.60. The fourth-order valence-corrected chi connectivity index (χ4v) is 3.82. The lowest BCUT2D eigenvalue weighted by Gasteiger charge is -2.54. The monoisotopic (exact) mass is 295 g/mol. The van der Waals surface area contributed by atoms with Crippen molar-refractivity contribution >= 4 is 10.9 Å². The van der Waals surface area contributed by atoms with E-state index in [2.05, 4.69) is 15.5 Å². The van der Waals surface area contributed by atoms with E-state index in [-0.39, 0.29) is 5.39 Å². The summed E-state index contributed by atoms with van der Waals surface area (Å²) in [5.74, 6) is 0.662. The highest BCUT2D eigenvalue weighted by Crippen LogP contribution is 2.49. The zero-order chi connectivity index (χ0) is 14.7. The second-order valence-electron chi connectivity index (χ2n) is 6.53. The molecule has 21 heavy (non-hydrogen) atoms. The molecule has 0 radical (unpaired) electrons. The molecule has 1 aromatic heterocycles. The van der Waals surface area contributed by atoms with Crippen LogP contribution in [-0.4, -0.2) is 23.3 Å². The molecule has 2 aliphatic rings. The van der Waals surface area contributed by atoms with E-state index in [0.717, 1.165) is 25.1 Å². The molecular weight excluding hydrogens is 279 g/mol. The molecule has 3 nitrogen and oxygen atoms in total. The molecule has 2 heterocycles. The van der Waals surface area contributed by atoms with Gasteiger partial charge in [0, 0.05) is 18.5 Å². The van der Waals surface area contributed by atoms with Crippen molar-refractivity contribution in [3.8, 4) is 0 Å². The number of hydrogen-bond donors (Lipinski definition) is 2. The molecule has 2 aromatic rings. The minimum Gasteiger partial charge on any atom is -0.316 e. The normalized spacial score (nSPS) is 21.5. The van der Waals surface area contributed by atoms with Gasteiger partial charge in [0.15, 0.2) is 5.69 Å². The highest BCUT2D eigenvalue weighted by atomic mass is 19.4. The van der Waals surface area contributed by atoms with Gasteiger partial charge < -0.3 is 5.32 Å². The fraction of sp³-hybridized carbons (Fsp3) is 0.533. The molecule has 112 valence electrons. The molecule has 4 rings (SSSR count). The first-order valence-electron chi connectivity index (χ1n) is 7.20. The highest BCUT2D eigenvalue weighted by Gasteiger charge is 2.47. The van der Waals surface area contributed by atoms with Gasteiger partial charge in [0.2, 0.25) is 0 Å². The van der Waals surface area contributed by atoms with Crippen molar-refractivity contribution < 1.29 is 13.2 Å². The summed E-state index contributed by atoms with van der Waals surface area (Å²) in [7, 11) is 0. The Morgan fingerprint density at radius 2 is 2.00 bits per heavy atom. The van der Waals surface area contributed by atoms with E-state index in [4.69, 9.17) is 0 Å². The van der Waals surface area contributed by atoms with Crippen LogP contribution in [0, 0.1) is 11.3 Å². The van der Waals surface area contributed by atoms with Gasteiger partial charge in [0.1, 0.15) is 0 Å². The van der Waals surface area contributed by atoms with Gasteiger partial charge in [-0.25, -0.2) is 0 Å². The van der Waals surface area contributed by atoms with Crippen molar-refractivity contribution in [1.82, 2.24) is 15.5 Å². The van der Waals surface area contributed by atoms with Crippen LogP contribution < -0.4 is 5.32 Å². The van der Waals surface area contributed by atoms with Crippen LogP contribution in [0.25, 0.3) is 10.9 Å². The predicted octanol–water partition coefficient (Wildman–Crippen LogP) is 3.12. The molecule has 6 heteroatoms. The maximum Gasteiger partial charge on any atom is 0.435 e. The first-order chi connectivity index (χ1) is 9.95. The third-order valence-corrected chi connectivity index (χ3v) is 4.86. The van der Waals surface area contributed by atoms with Crippen LogP contribution in [0.5, 0.6) is 0 Å². The second-order valence-corrected chi connectivity index (χ2v) is 6.53. The van der Waals surface area contributed by atoms with Gasteiger partial charge in [-0.2, -0.15) is 18.3 Å². The van der Waals surface area contributed by atoms with Crippen molar-refractivity contribution in [3.05, 3.63) is 29.5 Å². The molecule has 1 saturated carbocycles. The van der Waals surface area contributed by atoms with E-state index in [1.807, 2.05) is 6.07 Å². The summed E-state index contributed by atoms with van der Waals surface area (Å²) >= 11 is 0. The van der Waals surface area contributed by atoms with E-state index in [9.17, 15) is 13.2 Å². The van der Waals surface area contributed by atoms with Crippen molar-refractivity contribution in [2.24, 2.45) is 11.3 Å². The average molecular weight is 295 g/mol. The Morgan fingerprint density at radius 3 is 2.62 bits per heavy atom. The molecule has 0 atom stereocenters. The zero-order valence-electron chi connectivity index (χ0n) is 11.4. The first kappa shape index (κ1) is 13.1. The minimum atomic E-state index is -4.41. The summed E-state index contributed by atoms with van der Waals surface area (Å²) in [6.45, 7) is 2.25. The van der Waals surface area contributed by atoms with E-state index >= 15 is 0 Å². The lowest BCUT2D eigenvalue weighted by molar-refractivity contribution is -0.139. The van der Waals surface area contributed by atoms with Crippen LogP contribution in [0.1, 0.15) is 24.1 Å². The van der Waals surface area contributed by atoms with Gasteiger partial charge in [-0.15, -0.1) is 0 Å². The third kappa shape index (κ3) is 2.12. The highest BCUT2D eigenvalue weighted by molar-refractivity contribution is 5.82. The Labute approximate surface area is 119 Å². The lowest BCUT2D eigenvalue weighted by atomic mass is 9.57. The fourth-order valence-electron chi connectivity index (χ4n) is 3.82.